The van der Waals surface area contributed by atoms with E-state index in [4.69, 9.17) is 5.26 Å². The third-order valence-electron chi connectivity index (χ3n) is 3.07. The Labute approximate surface area is 104 Å². The molecule has 0 aliphatic heterocycles. The molecule has 0 bridgehead atoms. The number of hydrogen-bond acceptors (Lipinski definition) is 1. The van der Waals surface area contributed by atoms with Crippen LogP contribution in [-0.2, 0) is 5.41 Å². The Kier molecular flexibility index (Phi) is 2.83. The lowest BCUT2D eigenvalue weighted by atomic mass is 9.82. The minimum absolute atomic E-state index is 0.175. The van der Waals surface area contributed by atoms with Crippen LogP contribution in [0.4, 0.5) is 0 Å². The van der Waals surface area contributed by atoms with Crippen molar-refractivity contribution in [2.24, 2.45) is 0 Å². The zero-order chi connectivity index (χ0) is 10.9. The van der Waals surface area contributed by atoms with Gasteiger partial charge in [-0.05, 0) is 53.1 Å². The van der Waals surface area contributed by atoms with E-state index in [0.29, 0.717) is 0 Å². The van der Waals surface area contributed by atoms with Gasteiger partial charge in [-0.1, -0.05) is 25.1 Å². The fraction of sp³-hybridized carbons (Fsp3) is 0.308. The maximum atomic E-state index is 8.87. The summed E-state index contributed by atoms with van der Waals surface area (Å²) in [5, 5.41) is 8.87. The first-order valence-electron chi connectivity index (χ1n) is 5.03. The summed E-state index contributed by atoms with van der Waals surface area (Å²) < 4.78 is 1.05. The number of nitriles is 1. The molecule has 0 heterocycles. The second kappa shape index (κ2) is 3.97. The van der Waals surface area contributed by atoms with E-state index in [1.165, 1.54) is 12.0 Å². The van der Waals surface area contributed by atoms with Gasteiger partial charge in [-0.15, -0.1) is 0 Å². The van der Waals surface area contributed by atoms with Gasteiger partial charge in [0.05, 0.1) is 5.56 Å². The van der Waals surface area contributed by atoms with Crippen molar-refractivity contribution >= 4 is 22.6 Å². The van der Waals surface area contributed by atoms with E-state index >= 15 is 0 Å². The Balaban J connectivity index is 2.43. The van der Waals surface area contributed by atoms with Gasteiger partial charge in [-0.3, -0.25) is 0 Å². The van der Waals surface area contributed by atoms with Crippen molar-refractivity contribution in [2.45, 2.75) is 25.2 Å². The van der Waals surface area contributed by atoms with Crippen molar-refractivity contribution in [2.75, 3.05) is 0 Å². The number of halogens is 1. The lowest BCUT2D eigenvalue weighted by Crippen LogP contribution is -2.15. The van der Waals surface area contributed by atoms with Gasteiger partial charge >= 0.3 is 0 Å². The molecule has 2 rings (SSSR count). The molecule has 0 aromatic heterocycles. The maximum Gasteiger partial charge on any atom is 0.100 e. The summed E-state index contributed by atoms with van der Waals surface area (Å²) in [6.07, 6.45) is 6.86. The summed E-state index contributed by atoms with van der Waals surface area (Å²) in [6.45, 7) is 2.26. The average Bonchev–Trinajstić information content (AvgIpc) is 2.66. The molecule has 1 aliphatic rings. The first-order chi connectivity index (χ1) is 7.15. The van der Waals surface area contributed by atoms with E-state index in [9.17, 15) is 0 Å². The normalized spacial score (nSPS) is 24.1. The fourth-order valence-corrected chi connectivity index (χ4v) is 2.65. The molecule has 2 heteroatoms. The molecular formula is C13H12IN. The maximum absolute atomic E-state index is 8.87. The molecule has 0 unspecified atom stereocenters. The van der Waals surface area contributed by atoms with E-state index in [1.807, 2.05) is 6.07 Å². The van der Waals surface area contributed by atoms with E-state index in [2.05, 4.69) is 59.9 Å². The first-order valence-corrected chi connectivity index (χ1v) is 6.11. The summed E-state index contributed by atoms with van der Waals surface area (Å²) in [5.74, 6) is 0. The predicted octanol–water partition coefficient (Wildman–Crippen LogP) is 3.77. The minimum atomic E-state index is 0.175. The summed E-state index contributed by atoms with van der Waals surface area (Å²) >= 11 is 2.23. The number of hydrogen-bond donors (Lipinski definition) is 0. The van der Waals surface area contributed by atoms with Crippen LogP contribution in [0.2, 0.25) is 0 Å². The fourth-order valence-electron chi connectivity index (χ4n) is 2.01. The highest BCUT2D eigenvalue weighted by Crippen LogP contribution is 2.36. The molecule has 0 saturated heterocycles. The third-order valence-corrected chi connectivity index (χ3v) is 3.96. The molecular weight excluding hydrogens is 297 g/mol. The van der Waals surface area contributed by atoms with Crippen molar-refractivity contribution < 1.29 is 0 Å². The Hall–Kier alpha value is -0.820. The highest BCUT2D eigenvalue weighted by molar-refractivity contribution is 14.1. The largest absolute Gasteiger partial charge is 0.192 e. The van der Waals surface area contributed by atoms with E-state index < -0.39 is 0 Å². The van der Waals surface area contributed by atoms with Gasteiger partial charge in [-0.25, -0.2) is 0 Å². The number of benzene rings is 1. The standard InChI is InChI=1S/C13H12IN/c1-13(6-2-3-7-13)11-5-4-10(9-15)12(14)8-11/h2,4-6,8H,3,7H2,1H3/t13-/m0/s1. The lowest BCUT2D eigenvalue weighted by Gasteiger charge is -2.22. The van der Waals surface area contributed by atoms with E-state index in [-0.39, 0.29) is 5.41 Å². The molecule has 1 nitrogen and oxygen atoms in total. The van der Waals surface area contributed by atoms with Crippen LogP contribution < -0.4 is 0 Å². The Morgan fingerprint density at radius 1 is 1.47 bits per heavy atom. The first kappa shape index (κ1) is 10.7. The SMILES string of the molecule is C[C@]1(c2ccc(C#N)c(I)c2)C=CCC1. The second-order valence-corrected chi connectivity index (χ2v) is 5.33. The zero-order valence-electron chi connectivity index (χ0n) is 8.63. The van der Waals surface area contributed by atoms with Gasteiger partial charge in [0.15, 0.2) is 0 Å². The molecule has 0 fully saturated rings. The lowest BCUT2D eigenvalue weighted by molar-refractivity contribution is 0.579. The van der Waals surface area contributed by atoms with Crippen LogP contribution in [0.5, 0.6) is 0 Å². The van der Waals surface area contributed by atoms with E-state index in [1.54, 1.807) is 0 Å². The van der Waals surface area contributed by atoms with Gasteiger partial charge in [0.1, 0.15) is 6.07 Å². The molecule has 1 aromatic carbocycles. The topological polar surface area (TPSA) is 23.8 Å². The predicted molar refractivity (Wildman–Crippen MR) is 69.6 cm³/mol. The van der Waals surface area contributed by atoms with Crippen LogP contribution in [0.1, 0.15) is 30.9 Å². The monoisotopic (exact) mass is 309 g/mol. The minimum Gasteiger partial charge on any atom is -0.192 e. The van der Waals surface area contributed by atoms with Crippen LogP contribution in [-0.4, -0.2) is 0 Å². The Morgan fingerprint density at radius 3 is 2.80 bits per heavy atom. The van der Waals surface area contributed by atoms with Gasteiger partial charge in [0.2, 0.25) is 0 Å². The van der Waals surface area contributed by atoms with Gasteiger partial charge < -0.3 is 0 Å². The van der Waals surface area contributed by atoms with Crippen molar-refractivity contribution in [3.05, 3.63) is 45.0 Å². The molecule has 0 saturated carbocycles. The van der Waals surface area contributed by atoms with Crippen molar-refractivity contribution in [1.29, 1.82) is 5.26 Å². The molecule has 76 valence electrons. The van der Waals surface area contributed by atoms with E-state index in [0.717, 1.165) is 15.6 Å². The number of allylic oxidation sites excluding steroid dienone is 2. The van der Waals surface area contributed by atoms with Crippen molar-refractivity contribution in [3.63, 3.8) is 0 Å². The molecule has 0 spiro atoms. The van der Waals surface area contributed by atoms with Crippen LogP contribution in [0.3, 0.4) is 0 Å². The van der Waals surface area contributed by atoms with Gasteiger partial charge in [-0.2, -0.15) is 5.26 Å². The summed E-state index contributed by atoms with van der Waals surface area (Å²) in [6, 6.07) is 8.34. The smallest absolute Gasteiger partial charge is 0.100 e. The van der Waals surface area contributed by atoms with Crippen LogP contribution in [0, 0.1) is 14.9 Å². The summed E-state index contributed by atoms with van der Waals surface area (Å²) in [5.41, 5.74) is 2.26. The molecule has 0 amide bonds. The van der Waals surface area contributed by atoms with Crippen molar-refractivity contribution in [1.82, 2.24) is 0 Å². The Morgan fingerprint density at radius 2 is 2.27 bits per heavy atom. The van der Waals surface area contributed by atoms with Crippen LogP contribution >= 0.6 is 22.6 Å². The highest BCUT2D eigenvalue weighted by Gasteiger charge is 2.26. The zero-order valence-corrected chi connectivity index (χ0v) is 10.8. The molecule has 0 radical (unpaired) electrons. The summed E-state index contributed by atoms with van der Waals surface area (Å²) in [7, 11) is 0. The average molecular weight is 309 g/mol. The molecule has 1 atom stereocenters. The quantitative estimate of drug-likeness (QED) is 0.572. The van der Waals surface area contributed by atoms with Crippen molar-refractivity contribution in [3.8, 4) is 6.07 Å². The third kappa shape index (κ3) is 1.93. The van der Waals surface area contributed by atoms with Crippen LogP contribution in [0.15, 0.2) is 30.4 Å². The second-order valence-electron chi connectivity index (χ2n) is 4.16. The molecule has 1 aliphatic carbocycles. The summed E-state index contributed by atoms with van der Waals surface area (Å²) in [4.78, 5) is 0. The number of nitrogens with zero attached hydrogens (tertiary/aromatic N) is 1. The Bertz CT molecular complexity index is 456. The highest BCUT2D eigenvalue weighted by atomic mass is 127. The van der Waals surface area contributed by atoms with Gasteiger partial charge in [0.25, 0.3) is 0 Å². The molecule has 1 aromatic rings. The van der Waals surface area contributed by atoms with Crippen LogP contribution in [0.25, 0.3) is 0 Å². The molecule has 15 heavy (non-hydrogen) atoms. The molecule has 0 N–H and O–H groups in total. The number of rotatable bonds is 1. The van der Waals surface area contributed by atoms with Gasteiger partial charge in [0, 0.05) is 8.99 Å².